The lowest BCUT2D eigenvalue weighted by molar-refractivity contribution is 0.582. The van der Waals surface area contributed by atoms with Gasteiger partial charge in [0.05, 0.1) is 4.90 Å². The molecule has 0 aliphatic rings. The van der Waals surface area contributed by atoms with Crippen LogP contribution in [0.4, 0.5) is 4.39 Å². The molecule has 18 heavy (non-hydrogen) atoms. The second-order valence-corrected chi connectivity index (χ2v) is 6.85. The maximum absolute atomic E-state index is 12.8. The quantitative estimate of drug-likeness (QED) is 0.877. The van der Waals surface area contributed by atoms with Gasteiger partial charge < -0.3 is 5.73 Å². The maximum Gasteiger partial charge on any atom is 0.187 e. The average molecular weight is 285 g/mol. The summed E-state index contributed by atoms with van der Waals surface area (Å²) in [5, 5.41) is 1.03. The van der Waals surface area contributed by atoms with E-state index in [4.69, 9.17) is 5.73 Å². The van der Waals surface area contributed by atoms with Gasteiger partial charge in [0.1, 0.15) is 11.1 Å². The Morgan fingerprint density at radius 2 is 1.89 bits per heavy atom. The number of halogens is 1. The number of benzene rings is 1. The third kappa shape index (κ3) is 2.45. The van der Waals surface area contributed by atoms with Gasteiger partial charge in [0.25, 0.3) is 0 Å². The summed E-state index contributed by atoms with van der Waals surface area (Å²) in [4.78, 5) is 0.787. The van der Waals surface area contributed by atoms with Gasteiger partial charge in [-0.05, 0) is 35.7 Å². The molecule has 0 aliphatic carbocycles. The fraction of sp³-hybridized carbons (Fsp3) is 0.167. The number of nitrogens with two attached hydrogens (primary N) is 1. The van der Waals surface area contributed by atoms with Gasteiger partial charge in [-0.25, -0.2) is 12.8 Å². The van der Waals surface area contributed by atoms with Crippen molar-refractivity contribution in [3.63, 3.8) is 0 Å². The van der Waals surface area contributed by atoms with Crippen LogP contribution in [0.1, 0.15) is 10.1 Å². The third-order valence-corrected chi connectivity index (χ3v) is 5.85. The van der Waals surface area contributed by atoms with Crippen molar-refractivity contribution in [3.05, 3.63) is 52.5 Å². The van der Waals surface area contributed by atoms with Crippen molar-refractivity contribution in [2.75, 3.05) is 6.54 Å². The molecular formula is C12H12FNO2S2. The standard InChI is InChI=1S/C12H12FNO2S2/c13-9-3-5-10(6-4-9)18(15,16)12(8-14)11-2-1-7-17-11/h1-7,12H,8,14H2/t12-/m0/s1. The lowest BCUT2D eigenvalue weighted by Gasteiger charge is -2.14. The van der Waals surface area contributed by atoms with E-state index >= 15 is 0 Å². The van der Waals surface area contributed by atoms with Crippen LogP contribution >= 0.6 is 11.3 Å². The van der Waals surface area contributed by atoms with Crippen LogP contribution in [0.3, 0.4) is 0 Å². The SMILES string of the molecule is NC[C@@H](c1cccs1)S(=O)(=O)c1ccc(F)cc1. The first-order valence-corrected chi connectivity index (χ1v) is 7.71. The van der Waals surface area contributed by atoms with Crippen LogP contribution < -0.4 is 5.73 Å². The van der Waals surface area contributed by atoms with Crippen molar-refractivity contribution in [2.45, 2.75) is 10.1 Å². The first-order chi connectivity index (χ1) is 8.55. The number of sulfone groups is 1. The van der Waals surface area contributed by atoms with E-state index in [1.807, 2.05) is 0 Å². The van der Waals surface area contributed by atoms with Gasteiger partial charge in [-0.2, -0.15) is 0 Å². The minimum absolute atomic E-state index is 0.000221. The van der Waals surface area contributed by atoms with Crippen molar-refractivity contribution >= 4 is 21.2 Å². The Labute approximate surface area is 109 Å². The van der Waals surface area contributed by atoms with E-state index in [9.17, 15) is 12.8 Å². The average Bonchev–Trinajstić information content (AvgIpc) is 2.84. The predicted octanol–water partition coefficient (Wildman–Crippen LogP) is 2.36. The van der Waals surface area contributed by atoms with E-state index in [0.717, 1.165) is 12.1 Å². The lowest BCUT2D eigenvalue weighted by atomic mass is 10.3. The van der Waals surface area contributed by atoms with E-state index in [1.54, 1.807) is 17.5 Å². The molecule has 1 heterocycles. The van der Waals surface area contributed by atoms with Crippen molar-refractivity contribution in [1.82, 2.24) is 0 Å². The molecule has 1 atom stereocenters. The summed E-state index contributed by atoms with van der Waals surface area (Å²) in [7, 11) is -3.57. The molecule has 3 nitrogen and oxygen atoms in total. The highest BCUT2D eigenvalue weighted by Gasteiger charge is 2.28. The van der Waals surface area contributed by atoms with Gasteiger partial charge in [0.2, 0.25) is 0 Å². The minimum atomic E-state index is -3.57. The smallest absolute Gasteiger partial charge is 0.187 e. The summed E-state index contributed by atoms with van der Waals surface area (Å²) in [5.74, 6) is -0.464. The van der Waals surface area contributed by atoms with E-state index in [0.29, 0.717) is 4.88 Å². The first kappa shape index (κ1) is 13.2. The van der Waals surface area contributed by atoms with Crippen LogP contribution in [0.25, 0.3) is 0 Å². The summed E-state index contributed by atoms with van der Waals surface area (Å²) in [6, 6.07) is 8.32. The zero-order valence-corrected chi connectivity index (χ0v) is 11.0. The zero-order valence-electron chi connectivity index (χ0n) is 9.41. The highest BCUT2D eigenvalue weighted by Crippen LogP contribution is 2.30. The number of rotatable bonds is 4. The van der Waals surface area contributed by atoms with Gasteiger partial charge >= 0.3 is 0 Å². The summed E-state index contributed by atoms with van der Waals surface area (Å²) < 4.78 is 37.6. The summed E-state index contributed by atoms with van der Waals surface area (Å²) >= 11 is 1.35. The van der Waals surface area contributed by atoms with Crippen LogP contribution in [0, 0.1) is 5.82 Å². The largest absolute Gasteiger partial charge is 0.329 e. The van der Waals surface area contributed by atoms with Gasteiger partial charge in [0, 0.05) is 11.4 Å². The molecule has 0 saturated heterocycles. The Balaban J connectivity index is 2.44. The van der Waals surface area contributed by atoms with Crippen LogP contribution in [-0.4, -0.2) is 15.0 Å². The molecule has 1 aromatic heterocycles. The van der Waals surface area contributed by atoms with E-state index < -0.39 is 20.9 Å². The Morgan fingerprint density at radius 3 is 2.39 bits per heavy atom. The fourth-order valence-electron chi connectivity index (χ4n) is 1.66. The molecule has 2 rings (SSSR count). The zero-order chi connectivity index (χ0) is 13.2. The highest BCUT2D eigenvalue weighted by atomic mass is 32.2. The topological polar surface area (TPSA) is 60.2 Å². The molecule has 1 aromatic carbocycles. The van der Waals surface area contributed by atoms with Crippen LogP contribution in [0.15, 0.2) is 46.7 Å². The molecule has 0 spiro atoms. The monoisotopic (exact) mass is 285 g/mol. The summed E-state index contributed by atoms with van der Waals surface area (Å²) in [6.07, 6.45) is 0. The molecule has 0 fully saturated rings. The van der Waals surface area contributed by atoms with Crippen molar-refractivity contribution in [1.29, 1.82) is 0 Å². The van der Waals surface area contributed by atoms with Crippen molar-refractivity contribution < 1.29 is 12.8 Å². The highest BCUT2D eigenvalue weighted by molar-refractivity contribution is 7.91. The summed E-state index contributed by atoms with van der Waals surface area (Å²) in [6.45, 7) is 0.000221. The molecule has 0 bridgehead atoms. The maximum atomic E-state index is 12.8. The minimum Gasteiger partial charge on any atom is -0.329 e. The van der Waals surface area contributed by atoms with Crippen molar-refractivity contribution in [3.8, 4) is 0 Å². The predicted molar refractivity (Wildman–Crippen MR) is 69.7 cm³/mol. The summed E-state index contributed by atoms with van der Waals surface area (Å²) in [5.41, 5.74) is 5.57. The molecule has 6 heteroatoms. The molecule has 96 valence electrons. The number of hydrogen-bond acceptors (Lipinski definition) is 4. The van der Waals surface area contributed by atoms with E-state index in [2.05, 4.69) is 0 Å². The number of thiophene rings is 1. The molecular weight excluding hydrogens is 273 g/mol. The molecule has 0 radical (unpaired) electrons. The molecule has 2 N–H and O–H groups in total. The normalized spacial score (nSPS) is 13.4. The van der Waals surface area contributed by atoms with Crippen LogP contribution in [0.5, 0.6) is 0 Å². The molecule has 0 unspecified atom stereocenters. The second kappa shape index (κ2) is 5.17. The van der Waals surface area contributed by atoms with Crippen molar-refractivity contribution in [2.24, 2.45) is 5.73 Å². The van der Waals surface area contributed by atoms with E-state index in [-0.39, 0.29) is 11.4 Å². The first-order valence-electron chi connectivity index (χ1n) is 5.28. The van der Waals surface area contributed by atoms with Gasteiger partial charge in [0.15, 0.2) is 9.84 Å². The van der Waals surface area contributed by atoms with Gasteiger partial charge in [-0.3, -0.25) is 0 Å². The van der Waals surface area contributed by atoms with Gasteiger partial charge in [-0.1, -0.05) is 6.07 Å². The number of hydrogen-bond donors (Lipinski definition) is 1. The molecule has 0 amide bonds. The third-order valence-electron chi connectivity index (χ3n) is 2.59. The lowest BCUT2D eigenvalue weighted by Crippen LogP contribution is -2.21. The second-order valence-electron chi connectivity index (χ2n) is 3.74. The molecule has 0 saturated carbocycles. The molecule has 0 aliphatic heterocycles. The van der Waals surface area contributed by atoms with E-state index in [1.165, 1.54) is 23.5 Å². The van der Waals surface area contributed by atoms with Gasteiger partial charge in [-0.15, -0.1) is 11.3 Å². The Morgan fingerprint density at radius 1 is 1.22 bits per heavy atom. The van der Waals surface area contributed by atoms with Crippen LogP contribution in [0.2, 0.25) is 0 Å². The Hall–Kier alpha value is -1.24. The fourth-order valence-corrected chi connectivity index (χ4v) is 4.41. The molecule has 2 aromatic rings. The Bertz CT molecular complexity index is 606. The Kier molecular flexibility index (Phi) is 3.79. The van der Waals surface area contributed by atoms with Crippen LogP contribution in [-0.2, 0) is 9.84 Å².